The van der Waals surface area contributed by atoms with E-state index in [4.69, 9.17) is 10.2 Å². The summed E-state index contributed by atoms with van der Waals surface area (Å²) in [5, 5.41) is 0. The molecule has 0 spiro atoms. The van der Waals surface area contributed by atoms with Gasteiger partial charge in [-0.25, -0.2) is 9.97 Å². The number of hydrogen-bond donors (Lipinski definition) is 1. The molecule has 4 aromatic rings. The molecule has 130 valence electrons. The number of fused-ring (bicyclic) bond motifs is 1. The Hall–Kier alpha value is -3.53. The average Bonchev–Trinajstić information content (AvgIpc) is 3.25. The van der Waals surface area contributed by atoms with E-state index in [9.17, 15) is 8.42 Å². The van der Waals surface area contributed by atoms with Gasteiger partial charge in [-0.05, 0) is 29.8 Å². The first-order valence-corrected chi connectivity index (χ1v) is 8.55. The van der Waals surface area contributed by atoms with Crippen LogP contribution in [-0.2, 0) is 17.0 Å². The number of aromatic nitrogens is 4. The van der Waals surface area contributed by atoms with Crippen LogP contribution in [-0.4, -0.2) is 27.9 Å². The third-order valence-corrected chi connectivity index (χ3v) is 4.04. The summed E-state index contributed by atoms with van der Waals surface area (Å²) >= 11 is 0. The third kappa shape index (κ3) is 3.05. The van der Waals surface area contributed by atoms with Gasteiger partial charge in [-0.15, -0.1) is 4.36 Å². The van der Waals surface area contributed by atoms with Crippen LogP contribution in [0, 0.1) is 0 Å². The standard InChI is InChI=1S/C16H12N6O3S/c17-16-19-13(12-5-2-6-25-12)14-15(20-16)22(9-18-14)8-10-3-1-4-11(7-10)21-26(23)24/h1-7,9H,8H2,(H2,17,19,20). The van der Waals surface area contributed by atoms with Crippen LogP contribution < -0.4 is 5.73 Å². The van der Waals surface area contributed by atoms with Gasteiger partial charge < -0.3 is 14.7 Å². The summed E-state index contributed by atoms with van der Waals surface area (Å²) in [5.41, 5.74) is 8.67. The van der Waals surface area contributed by atoms with Crippen LogP contribution in [0.2, 0.25) is 0 Å². The second-order valence-corrected chi connectivity index (χ2v) is 6.05. The zero-order valence-corrected chi connectivity index (χ0v) is 14.1. The largest absolute Gasteiger partial charge is 0.463 e. The predicted molar refractivity (Wildman–Crippen MR) is 94.0 cm³/mol. The molecule has 26 heavy (non-hydrogen) atoms. The fourth-order valence-electron chi connectivity index (χ4n) is 2.66. The molecular weight excluding hydrogens is 356 g/mol. The summed E-state index contributed by atoms with van der Waals surface area (Å²) in [6.07, 6.45) is 3.17. The van der Waals surface area contributed by atoms with Gasteiger partial charge in [0.25, 0.3) is 0 Å². The monoisotopic (exact) mass is 368 g/mol. The summed E-state index contributed by atoms with van der Waals surface area (Å²) in [5.74, 6) is 0.657. The van der Waals surface area contributed by atoms with E-state index in [1.165, 1.54) is 0 Å². The van der Waals surface area contributed by atoms with Crippen molar-refractivity contribution < 1.29 is 12.8 Å². The zero-order valence-electron chi connectivity index (χ0n) is 13.3. The predicted octanol–water partition coefficient (Wildman–Crippen LogP) is 2.41. The molecule has 2 N–H and O–H groups in total. The van der Waals surface area contributed by atoms with Crippen molar-refractivity contribution in [3.63, 3.8) is 0 Å². The fourth-order valence-corrected chi connectivity index (χ4v) is 2.94. The van der Waals surface area contributed by atoms with Gasteiger partial charge in [-0.1, -0.05) is 12.1 Å². The van der Waals surface area contributed by atoms with E-state index in [1.807, 2.05) is 6.07 Å². The minimum atomic E-state index is -2.50. The summed E-state index contributed by atoms with van der Waals surface area (Å²) in [6.45, 7) is 0.416. The molecule has 0 bridgehead atoms. The summed E-state index contributed by atoms with van der Waals surface area (Å²) in [7, 11) is -2.50. The Bertz CT molecular complexity index is 1220. The topological polar surface area (TPSA) is 129 Å². The maximum absolute atomic E-state index is 10.7. The van der Waals surface area contributed by atoms with E-state index in [-0.39, 0.29) is 5.95 Å². The van der Waals surface area contributed by atoms with E-state index in [0.29, 0.717) is 34.9 Å². The number of nitrogens with zero attached hydrogens (tertiary/aromatic N) is 5. The minimum Gasteiger partial charge on any atom is -0.463 e. The van der Waals surface area contributed by atoms with Gasteiger partial charge in [-0.2, -0.15) is 13.4 Å². The van der Waals surface area contributed by atoms with Crippen LogP contribution in [0.5, 0.6) is 0 Å². The van der Waals surface area contributed by atoms with Gasteiger partial charge >= 0.3 is 10.5 Å². The summed E-state index contributed by atoms with van der Waals surface area (Å²) in [6, 6.07) is 10.4. The SMILES string of the molecule is Nc1nc(-c2ccco2)c2ncn(Cc3cccc(N=S(=O)=O)c3)c2n1. The first kappa shape index (κ1) is 16.0. The fraction of sp³-hybridized carbons (Fsp3) is 0.0625. The van der Waals surface area contributed by atoms with E-state index in [1.54, 1.807) is 47.5 Å². The first-order valence-electron chi connectivity index (χ1n) is 7.52. The summed E-state index contributed by atoms with van der Waals surface area (Å²) in [4.78, 5) is 12.9. The highest BCUT2D eigenvalue weighted by Crippen LogP contribution is 2.26. The second-order valence-electron chi connectivity index (χ2n) is 5.43. The molecule has 0 unspecified atom stereocenters. The third-order valence-electron chi connectivity index (χ3n) is 3.68. The number of hydrogen-bond acceptors (Lipinski definition) is 8. The van der Waals surface area contributed by atoms with Crippen molar-refractivity contribution in [1.82, 2.24) is 19.5 Å². The Balaban J connectivity index is 1.78. The molecule has 1 aromatic carbocycles. The highest BCUT2D eigenvalue weighted by atomic mass is 32.2. The number of anilines is 1. The van der Waals surface area contributed by atoms with Gasteiger partial charge in [0, 0.05) is 0 Å². The van der Waals surface area contributed by atoms with Crippen LogP contribution >= 0.6 is 0 Å². The lowest BCUT2D eigenvalue weighted by molar-refractivity contribution is 0.580. The molecule has 3 aromatic heterocycles. The van der Waals surface area contributed by atoms with Crippen LogP contribution in [0.25, 0.3) is 22.6 Å². The molecule has 0 atom stereocenters. The number of furan rings is 1. The van der Waals surface area contributed by atoms with Crippen LogP contribution in [0.3, 0.4) is 0 Å². The Morgan fingerprint density at radius 3 is 2.85 bits per heavy atom. The smallest absolute Gasteiger partial charge is 0.316 e. The van der Waals surface area contributed by atoms with Crippen molar-refractivity contribution in [2.75, 3.05) is 5.73 Å². The maximum Gasteiger partial charge on any atom is 0.316 e. The number of nitrogens with two attached hydrogens (primary N) is 1. The normalized spacial score (nSPS) is 10.9. The van der Waals surface area contributed by atoms with Gasteiger partial charge in [0.05, 0.1) is 24.8 Å². The lowest BCUT2D eigenvalue weighted by Gasteiger charge is -2.06. The first-order chi connectivity index (χ1) is 12.6. The lowest BCUT2D eigenvalue weighted by atomic mass is 10.2. The van der Waals surface area contributed by atoms with Gasteiger partial charge in [0.2, 0.25) is 5.95 Å². The van der Waals surface area contributed by atoms with E-state index >= 15 is 0 Å². The molecule has 0 radical (unpaired) electrons. The molecule has 9 nitrogen and oxygen atoms in total. The van der Waals surface area contributed by atoms with Gasteiger partial charge in [0.1, 0.15) is 11.2 Å². The van der Waals surface area contributed by atoms with Crippen LogP contribution in [0.1, 0.15) is 5.56 Å². The Morgan fingerprint density at radius 2 is 2.08 bits per heavy atom. The number of benzene rings is 1. The number of imidazole rings is 1. The molecule has 0 saturated heterocycles. The summed E-state index contributed by atoms with van der Waals surface area (Å²) < 4.78 is 32.2. The molecular formula is C16H12N6O3S. The zero-order chi connectivity index (χ0) is 18.1. The van der Waals surface area contributed by atoms with Crippen molar-refractivity contribution in [1.29, 1.82) is 0 Å². The van der Waals surface area contributed by atoms with Gasteiger partial charge in [0.15, 0.2) is 11.4 Å². The molecule has 0 aliphatic rings. The Kier molecular flexibility index (Phi) is 3.93. The highest BCUT2D eigenvalue weighted by Gasteiger charge is 2.15. The maximum atomic E-state index is 10.7. The molecule has 0 aliphatic carbocycles. The van der Waals surface area contributed by atoms with E-state index in [2.05, 4.69) is 19.3 Å². The molecule has 0 amide bonds. The van der Waals surface area contributed by atoms with Gasteiger partial charge in [-0.3, -0.25) is 0 Å². The quantitative estimate of drug-likeness (QED) is 0.585. The van der Waals surface area contributed by atoms with Crippen LogP contribution in [0.4, 0.5) is 11.6 Å². The molecule has 0 fully saturated rings. The van der Waals surface area contributed by atoms with E-state index < -0.39 is 10.5 Å². The Labute approximate surface area is 148 Å². The van der Waals surface area contributed by atoms with Crippen molar-refractivity contribution >= 4 is 33.3 Å². The Morgan fingerprint density at radius 1 is 1.19 bits per heavy atom. The second kappa shape index (κ2) is 6.41. The highest BCUT2D eigenvalue weighted by molar-refractivity contribution is 7.61. The molecule has 3 heterocycles. The van der Waals surface area contributed by atoms with Crippen molar-refractivity contribution in [2.45, 2.75) is 6.54 Å². The number of rotatable bonds is 4. The van der Waals surface area contributed by atoms with Crippen molar-refractivity contribution in [2.24, 2.45) is 4.36 Å². The molecule has 4 rings (SSSR count). The molecule has 0 aliphatic heterocycles. The minimum absolute atomic E-state index is 0.108. The van der Waals surface area contributed by atoms with Crippen LogP contribution in [0.15, 0.2) is 57.8 Å². The molecule has 10 heteroatoms. The van der Waals surface area contributed by atoms with Crippen molar-refractivity contribution in [3.05, 3.63) is 54.6 Å². The average molecular weight is 368 g/mol. The van der Waals surface area contributed by atoms with E-state index in [0.717, 1.165) is 5.56 Å². The molecule has 0 saturated carbocycles. The van der Waals surface area contributed by atoms with Crippen molar-refractivity contribution in [3.8, 4) is 11.5 Å². The number of nitrogen functional groups attached to an aromatic ring is 1. The lowest BCUT2D eigenvalue weighted by Crippen LogP contribution is -2.03.